The molecule has 1 aromatic rings. The van der Waals surface area contributed by atoms with E-state index in [9.17, 15) is 29.7 Å². The maximum Gasteiger partial charge on any atom is 0.317 e. The molecule has 1 saturated heterocycles. The average Bonchev–Trinajstić information content (AvgIpc) is 2.75. The Kier molecular flexibility index (Phi) is 12.1. The van der Waals surface area contributed by atoms with Gasteiger partial charge in [-0.25, -0.2) is 0 Å². The van der Waals surface area contributed by atoms with Crippen LogP contribution >= 0.6 is 23.2 Å². The lowest BCUT2D eigenvalue weighted by Gasteiger charge is -2.43. The Morgan fingerprint density at radius 1 is 0.784 bits per heavy atom. The molecule has 1 aromatic carbocycles. The van der Waals surface area contributed by atoms with Crippen molar-refractivity contribution >= 4 is 41.1 Å². The molecule has 1 aliphatic heterocycles. The van der Waals surface area contributed by atoms with Gasteiger partial charge in [0.2, 0.25) is 0 Å². The third-order valence-electron chi connectivity index (χ3n) is 6.54. The Morgan fingerprint density at radius 2 is 1.24 bits per heavy atom. The molecule has 37 heavy (non-hydrogen) atoms. The van der Waals surface area contributed by atoms with Gasteiger partial charge in [0.1, 0.15) is 0 Å². The standard InChI is InChI=1S/C25H38Cl2N4O6/c1-25(2,3)21-14-30(16-23(34)35)10-9-29(15-22(32)33)8-7-28(11-12-31(21)17-24(36)37)13-18-19(26)5-4-6-20(18)27/h4-6,21H,7-17H2,1-3H3,(H,32,33)(H,34,35)(H,36,37). The molecule has 0 spiro atoms. The summed E-state index contributed by atoms with van der Waals surface area (Å²) in [5.41, 5.74) is 0.404. The first-order valence-electron chi connectivity index (χ1n) is 12.3. The first-order chi connectivity index (χ1) is 17.3. The first-order valence-corrected chi connectivity index (χ1v) is 13.0. The lowest BCUT2D eigenvalue weighted by Crippen LogP contribution is -2.56. The molecule has 0 bridgehead atoms. The molecule has 12 heteroatoms. The van der Waals surface area contributed by atoms with Crippen molar-refractivity contribution in [3.8, 4) is 0 Å². The van der Waals surface area contributed by atoms with Crippen LogP contribution in [0.5, 0.6) is 0 Å². The van der Waals surface area contributed by atoms with Gasteiger partial charge in [0.25, 0.3) is 0 Å². The molecule has 1 heterocycles. The number of aliphatic carboxylic acids is 3. The normalized spacial score (nSPS) is 20.2. The van der Waals surface area contributed by atoms with Gasteiger partial charge >= 0.3 is 17.9 Å². The molecular formula is C25H38Cl2N4O6. The van der Waals surface area contributed by atoms with Crippen LogP contribution in [0.15, 0.2) is 18.2 Å². The zero-order chi connectivity index (χ0) is 27.8. The van der Waals surface area contributed by atoms with Crippen LogP contribution in [0.1, 0.15) is 26.3 Å². The van der Waals surface area contributed by atoms with Crippen LogP contribution in [0.3, 0.4) is 0 Å². The van der Waals surface area contributed by atoms with E-state index >= 15 is 0 Å². The monoisotopic (exact) mass is 560 g/mol. The largest absolute Gasteiger partial charge is 0.480 e. The summed E-state index contributed by atoms with van der Waals surface area (Å²) in [6.07, 6.45) is 0. The van der Waals surface area contributed by atoms with E-state index in [1.807, 2.05) is 25.7 Å². The fraction of sp³-hybridized carbons (Fsp3) is 0.640. The summed E-state index contributed by atoms with van der Waals surface area (Å²) in [5.74, 6) is -2.91. The predicted molar refractivity (Wildman–Crippen MR) is 142 cm³/mol. The number of carbonyl (C=O) groups is 3. The van der Waals surface area contributed by atoms with Crippen LogP contribution in [0.4, 0.5) is 0 Å². The van der Waals surface area contributed by atoms with Crippen molar-refractivity contribution in [3.05, 3.63) is 33.8 Å². The van der Waals surface area contributed by atoms with Crippen molar-refractivity contribution in [2.75, 3.05) is 65.4 Å². The van der Waals surface area contributed by atoms with Gasteiger partial charge in [-0.1, -0.05) is 50.0 Å². The Bertz CT molecular complexity index is 922. The molecule has 1 atom stereocenters. The van der Waals surface area contributed by atoms with E-state index in [4.69, 9.17) is 23.2 Å². The molecule has 0 radical (unpaired) electrons. The molecule has 1 aliphatic rings. The first kappa shape index (κ1) is 31.3. The van der Waals surface area contributed by atoms with Crippen molar-refractivity contribution < 1.29 is 29.7 Å². The molecule has 1 fully saturated rings. The van der Waals surface area contributed by atoms with Crippen LogP contribution in [-0.2, 0) is 20.9 Å². The topological polar surface area (TPSA) is 125 Å². The maximum absolute atomic E-state index is 11.8. The highest BCUT2D eigenvalue weighted by atomic mass is 35.5. The second-order valence-corrected chi connectivity index (χ2v) is 11.3. The molecule has 10 nitrogen and oxygen atoms in total. The van der Waals surface area contributed by atoms with Crippen LogP contribution < -0.4 is 0 Å². The van der Waals surface area contributed by atoms with Gasteiger partial charge in [0.05, 0.1) is 19.6 Å². The van der Waals surface area contributed by atoms with E-state index in [1.165, 1.54) is 0 Å². The van der Waals surface area contributed by atoms with Gasteiger partial charge in [-0.3, -0.25) is 34.0 Å². The maximum atomic E-state index is 11.8. The van der Waals surface area contributed by atoms with E-state index in [-0.39, 0.29) is 31.1 Å². The van der Waals surface area contributed by atoms with E-state index in [0.29, 0.717) is 62.4 Å². The number of hydrogen-bond acceptors (Lipinski definition) is 7. The van der Waals surface area contributed by atoms with Gasteiger partial charge < -0.3 is 15.3 Å². The van der Waals surface area contributed by atoms with Crippen LogP contribution in [0.2, 0.25) is 10.0 Å². The lowest BCUT2D eigenvalue weighted by atomic mass is 9.85. The highest BCUT2D eigenvalue weighted by Gasteiger charge is 2.34. The molecule has 3 N–H and O–H groups in total. The molecule has 0 aliphatic carbocycles. The lowest BCUT2D eigenvalue weighted by molar-refractivity contribution is -0.142. The van der Waals surface area contributed by atoms with Crippen molar-refractivity contribution in [1.29, 1.82) is 0 Å². The minimum atomic E-state index is -0.989. The summed E-state index contributed by atoms with van der Waals surface area (Å²) in [6.45, 7) is 8.73. The Hall–Kier alpha value is -1.95. The summed E-state index contributed by atoms with van der Waals surface area (Å²) in [6, 6.07) is 5.03. The minimum Gasteiger partial charge on any atom is -0.480 e. The Labute approximate surface area is 228 Å². The van der Waals surface area contributed by atoms with E-state index in [1.54, 1.807) is 28.0 Å². The number of halogens is 2. The Morgan fingerprint density at radius 3 is 1.76 bits per heavy atom. The second kappa shape index (κ2) is 14.3. The van der Waals surface area contributed by atoms with Crippen LogP contribution in [-0.4, -0.2) is 124 Å². The average molecular weight is 562 g/mol. The van der Waals surface area contributed by atoms with Crippen molar-refractivity contribution in [2.24, 2.45) is 5.41 Å². The summed E-state index contributed by atoms with van der Waals surface area (Å²) in [7, 11) is 0. The minimum absolute atomic E-state index is 0.171. The molecular weight excluding hydrogens is 523 g/mol. The van der Waals surface area contributed by atoms with Crippen LogP contribution in [0, 0.1) is 5.41 Å². The van der Waals surface area contributed by atoms with E-state index < -0.39 is 17.9 Å². The third kappa shape index (κ3) is 10.7. The van der Waals surface area contributed by atoms with Gasteiger partial charge in [-0.2, -0.15) is 0 Å². The van der Waals surface area contributed by atoms with Crippen molar-refractivity contribution in [3.63, 3.8) is 0 Å². The summed E-state index contributed by atoms with van der Waals surface area (Å²) in [4.78, 5) is 42.5. The summed E-state index contributed by atoms with van der Waals surface area (Å²) < 4.78 is 0. The van der Waals surface area contributed by atoms with E-state index in [0.717, 1.165) is 5.56 Å². The highest BCUT2D eigenvalue weighted by Crippen LogP contribution is 2.28. The molecule has 2 rings (SSSR count). The summed E-state index contributed by atoms with van der Waals surface area (Å²) >= 11 is 12.8. The zero-order valence-electron chi connectivity index (χ0n) is 21.7. The number of hydrogen-bond donors (Lipinski definition) is 3. The molecule has 0 aromatic heterocycles. The highest BCUT2D eigenvalue weighted by molar-refractivity contribution is 6.35. The number of carboxylic acid groups (broad SMARTS) is 3. The van der Waals surface area contributed by atoms with Gasteiger partial charge in [0.15, 0.2) is 0 Å². The predicted octanol–water partition coefficient (Wildman–Crippen LogP) is 2.38. The van der Waals surface area contributed by atoms with Crippen molar-refractivity contribution in [1.82, 2.24) is 19.6 Å². The number of rotatable bonds is 8. The SMILES string of the molecule is CC(C)(C)C1CN(CC(=O)O)CCN(CC(=O)O)CCN(Cc2c(Cl)cccc2Cl)CCN1CC(=O)O. The third-order valence-corrected chi connectivity index (χ3v) is 7.25. The molecule has 1 unspecified atom stereocenters. The molecule has 208 valence electrons. The van der Waals surface area contributed by atoms with Gasteiger partial charge in [0, 0.05) is 74.0 Å². The van der Waals surface area contributed by atoms with Gasteiger partial charge in [-0.05, 0) is 17.5 Å². The van der Waals surface area contributed by atoms with Crippen LogP contribution in [0.25, 0.3) is 0 Å². The number of benzene rings is 1. The fourth-order valence-corrected chi connectivity index (χ4v) is 5.12. The Balaban J connectivity index is 2.42. The molecule has 0 amide bonds. The second-order valence-electron chi connectivity index (χ2n) is 10.5. The fourth-order valence-electron chi connectivity index (χ4n) is 4.60. The van der Waals surface area contributed by atoms with Crippen molar-refractivity contribution in [2.45, 2.75) is 33.4 Å². The van der Waals surface area contributed by atoms with Gasteiger partial charge in [-0.15, -0.1) is 0 Å². The van der Waals surface area contributed by atoms with E-state index in [2.05, 4.69) is 4.90 Å². The smallest absolute Gasteiger partial charge is 0.317 e. The summed E-state index contributed by atoms with van der Waals surface area (Å²) in [5, 5.41) is 29.7. The molecule has 0 saturated carbocycles. The quantitative estimate of drug-likeness (QED) is 0.436. The number of nitrogens with zero attached hydrogens (tertiary/aromatic N) is 4. The number of carboxylic acids is 3. The zero-order valence-corrected chi connectivity index (χ0v) is 23.2.